The fraction of sp³-hybridized carbons (Fsp3) is 0.867. The summed E-state index contributed by atoms with van der Waals surface area (Å²) >= 11 is 0. The minimum absolute atomic E-state index is 0.0157. The van der Waals surface area contributed by atoms with Gasteiger partial charge in [0.25, 0.3) is 0 Å². The molecule has 0 radical (unpaired) electrons. The molecule has 1 aliphatic rings. The Morgan fingerprint density at radius 1 is 1.20 bits per heavy atom. The lowest BCUT2D eigenvalue weighted by atomic mass is 10.0. The average Bonchev–Trinajstić information content (AvgIpc) is 2.40. The van der Waals surface area contributed by atoms with Crippen LogP contribution in [0.2, 0.25) is 0 Å². The van der Waals surface area contributed by atoms with E-state index in [0.29, 0.717) is 12.3 Å². The molecule has 0 atom stereocenters. The van der Waals surface area contributed by atoms with Crippen LogP contribution in [0.25, 0.3) is 0 Å². The molecule has 0 saturated carbocycles. The van der Waals surface area contributed by atoms with E-state index >= 15 is 0 Å². The van der Waals surface area contributed by atoms with Crippen LogP contribution < -0.4 is 5.32 Å². The largest absolute Gasteiger partial charge is 0.343 e. The number of hydrogen-bond donors (Lipinski definition) is 1. The van der Waals surface area contributed by atoms with E-state index in [4.69, 9.17) is 0 Å². The van der Waals surface area contributed by atoms with Gasteiger partial charge in [-0.2, -0.15) is 0 Å². The Morgan fingerprint density at radius 3 is 2.20 bits per heavy atom. The minimum atomic E-state index is 0.0157. The lowest BCUT2D eigenvalue weighted by molar-refractivity contribution is -0.133. The summed E-state index contributed by atoms with van der Waals surface area (Å²) in [5.41, 5.74) is 0. The molecule has 0 spiro atoms. The van der Waals surface area contributed by atoms with Crippen molar-refractivity contribution in [3.05, 3.63) is 0 Å². The van der Waals surface area contributed by atoms with Crippen molar-refractivity contribution in [1.82, 2.24) is 15.1 Å². The van der Waals surface area contributed by atoms with Gasteiger partial charge in [0.05, 0.1) is 0 Å². The van der Waals surface area contributed by atoms with Crippen LogP contribution in [0.15, 0.2) is 0 Å². The third-order valence-corrected chi connectivity index (χ3v) is 3.81. The maximum Gasteiger partial charge on any atom is 0.317 e. The second-order valence-electron chi connectivity index (χ2n) is 5.87. The highest BCUT2D eigenvalue weighted by Crippen LogP contribution is 2.13. The zero-order chi connectivity index (χ0) is 15.1. The normalized spacial score (nSPS) is 16.4. The summed E-state index contributed by atoms with van der Waals surface area (Å²) in [5.74, 6) is 0.649. The molecule has 0 aromatic rings. The summed E-state index contributed by atoms with van der Waals surface area (Å²) in [6.07, 6.45) is 2.34. The molecule has 1 saturated heterocycles. The van der Waals surface area contributed by atoms with Crippen molar-refractivity contribution in [1.29, 1.82) is 0 Å². The Balaban J connectivity index is 2.35. The van der Waals surface area contributed by atoms with Crippen molar-refractivity contribution < 1.29 is 9.59 Å². The summed E-state index contributed by atoms with van der Waals surface area (Å²) in [6, 6.07) is 0.216. The average molecular weight is 283 g/mol. The molecule has 0 aromatic heterocycles. The molecule has 116 valence electrons. The van der Waals surface area contributed by atoms with Crippen molar-refractivity contribution in [2.45, 2.75) is 53.0 Å². The van der Waals surface area contributed by atoms with Gasteiger partial charge in [0.15, 0.2) is 0 Å². The van der Waals surface area contributed by atoms with Gasteiger partial charge in [0, 0.05) is 38.6 Å². The maximum atomic E-state index is 12.0. The summed E-state index contributed by atoms with van der Waals surface area (Å²) < 4.78 is 0. The molecule has 3 amide bonds. The summed E-state index contributed by atoms with van der Waals surface area (Å²) in [4.78, 5) is 27.7. The first kappa shape index (κ1) is 16.8. The molecule has 0 bridgehead atoms. The molecule has 1 rings (SSSR count). The summed E-state index contributed by atoms with van der Waals surface area (Å²) in [5, 5.41) is 3.07. The third kappa shape index (κ3) is 5.02. The predicted molar refractivity (Wildman–Crippen MR) is 80.5 cm³/mol. The third-order valence-electron chi connectivity index (χ3n) is 3.81. The smallest absolute Gasteiger partial charge is 0.317 e. The molecule has 20 heavy (non-hydrogen) atoms. The van der Waals surface area contributed by atoms with E-state index in [1.54, 1.807) is 4.90 Å². The van der Waals surface area contributed by atoms with Crippen LogP contribution >= 0.6 is 0 Å². The number of urea groups is 1. The molecular weight excluding hydrogens is 254 g/mol. The van der Waals surface area contributed by atoms with Crippen molar-refractivity contribution in [2.24, 2.45) is 5.92 Å². The Labute approximate surface area is 122 Å². The van der Waals surface area contributed by atoms with E-state index in [-0.39, 0.29) is 18.0 Å². The lowest BCUT2D eigenvalue weighted by Crippen LogP contribution is -2.50. The number of amides is 3. The standard InChI is InChI=1S/C15H29N3O2/c1-5-17(6-2)15(20)16-13-7-9-18(10-8-13)14(19)11-12(3)4/h12-13H,5-11H2,1-4H3,(H,16,20). The Morgan fingerprint density at radius 2 is 1.75 bits per heavy atom. The van der Waals surface area contributed by atoms with Crippen LogP contribution in [0.3, 0.4) is 0 Å². The highest BCUT2D eigenvalue weighted by atomic mass is 16.2. The highest BCUT2D eigenvalue weighted by Gasteiger charge is 2.24. The fourth-order valence-electron chi connectivity index (χ4n) is 2.53. The quantitative estimate of drug-likeness (QED) is 0.840. The van der Waals surface area contributed by atoms with Crippen LogP contribution in [-0.2, 0) is 4.79 Å². The maximum absolute atomic E-state index is 12.0. The first-order chi connectivity index (χ1) is 9.47. The monoisotopic (exact) mass is 283 g/mol. The van der Waals surface area contributed by atoms with E-state index < -0.39 is 0 Å². The molecule has 0 aliphatic carbocycles. The van der Waals surface area contributed by atoms with Crippen molar-refractivity contribution in [3.8, 4) is 0 Å². The number of likely N-dealkylation sites (tertiary alicyclic amines) is 1. The van der Waals surface area contributed by atoms with Gasteiger partial charge < -0.3 is 15.1 Å². The second-order valence-corrected chi connectivity index (χ2v) is 5.87. The van der Waals surface area contributed by atoms with Gasteiger partial charge in [0.2, 0.25) is 5.91 Å². The second kappa shape index (κ2) is 8.12. The molecular formula is C15H29N3O2. The molecule has 1 N–H and O–H groups in total. The van der Waals surface area contributed by atoms with Gasteiger partial charge in [0.1, 0.15) is 0 Å². The van der Waals surface area contributed by atoms with E-state index in [2.05, 4.69) is 19.2 Å². The number of carbonyl (C=O) groups is 2. The first-order valence-electron chi connectivity index (χ1n) is 7.81. The van der Waals surface area contributed by atoms with E-state index in [0.717, 1.165) is 39.0 Å². The van der Waals surface area contributed by atoms with Gasteiger partial charge in [-0.15, -0.1) is 0 Å². The van der Waals surface area contributed by atoms with Crippen LogP contribution in [0, 0.1) is 5.92 Å². The Hall–Kier alpha value is -1.26. The van der Waals surface area contributed by atoms with E-state index in [1.165, 1.54) is 0 Å². The molecule has 0 unspecified atom stereocenters. The number of rotatable bonds is 5. The van der Waals surface area contributed by atoms with Crippen molar-refractivity contribution in [2.75, 3.05) is 26.2 Å². The molecule has 1 aliphatic heterocycles. The molecule has 5 nitrogen and oxygen atoms in total. The Kier molecular flexibility index (Phi) is 6.82. The number of carbonyl (C=O) groups excluding carboxylic acids is 2. The summed E-state index contributed by atoms with van der Waals surface area (Å²) in [7, 11) is 0. The minimum Gasteiger partial charge on any atom is -0.343 e. The van der Waals surface area contributed by atoms with E-state index in [9.17, 15) is 9.59 Å². The van der Waals surface area contributed by atoms with Gasteiger partial charge in [-0.25, -0.2) is 4.79 Å². The summed E-state index contributed by atoms with van der Waals surface area (Å²) in [6.45, 7) is 11.1. The topological polar surface area (TPSA) is 52.7 Å². The molecule has 1 fully saturated rings. The lowest BCUT2D eigenvalue weighted by Gasteiger charge is -2.34. The predicted octanol–water partition coefficient (Wildman–Crippen LogP) is 2.07. The number of piperidine rings is 1. The number of nitrogens with zero attached hydrogens (tertiary/aromatic N) is 2. The van der Waals surface area contributed by atoms with Crippen LogP contribution in [0.1, 0.15) is 47.0 Å². The molecule has 5 heteroatoms. The highest BCUT2D eigenvalue weighted by molar-refractivity contribution is 5.77. The van der Waals surface area contributed by atoms with Gasteiger partial charge in [-0.3, -0.25) is 4.79 Å². The van der Waals surface area contributed by atoms with Gasteiger partial charge in [-0.05, 0) is 32.6 Å². The molecule has 0 aromatic carbocycles. The van der Waals surface area contributed by atoms with Gasteiger partial charge in [-0.1, -0.05) is 13.8 Å². The SMILES string of the molecule is CCN(CC)C(=O)NC1CCN(C(=O)CC(C)C)CC1. The number of hydrogen-bond acceptors (Lipinski definition) is 2. The zero-order valence-electron chi connectivity index (χ0n) is 13.3. The van der Waals surface area contributed by atoms with Crippen molar-refractivity contribution >= 4 is 11.9 Å². The first-order valence-corrected chi connectivity index (χ1v) is 7.81. The van der Waals surface area contributed by atoms with Gasteiger partial charge >= 0.3 is 6.03 Å². The van der Waals surface area contributed by atoms with Crippen LogP contribution in [-0.4, -0.2) is 54.0 Å². The van der Waals surface area contributed by atoms with E-state index in [1.807, 2.05) is 18.7 Å². The fourth-order valence-corrected chi connectivity index (χ4v) is 2.53. The van der Waals surface area contributed by atoms with Crippen LogP contribution in [0.5, 0.6) is 0 Å². The van der Waals surface area contributed by atoms with Crippen molar-refractivity contribution in [3.63, 3.8) is 0 Å². The Bertz CT molecular complexity index is 319. The zero-order valence-corrected chi connectivity index (χ0v) is 13.3. The molecule has 1 heterocycles. The van der Waals surface area contributed by atoms with Crippen LogP contribution in [0.4, 0.5) is 4.79 Å². The number of nitrogens with one attached hydrogen (secondary N) is 1.